The van der Waals surface area contributed by atoms with Crippen molar-refractivity contribution in [1.29, 1.82) is 0 Å². The Morgan fingerprint density at radius 2 is 0.408 bits per heavy atom. The lowest BCUT2D eigenvalue weighted by atomic mass is 10.5. The molecule has 76 heavy (non-hydrogen) atoms. The SMILES string of the molecule is C.CC(=O)COCC(=O)NCNC(=O)COCC(=O)O.CC(=O)COCCOCC(=O)NCNC(=O)COCCOCC(=O)O.CC(=O)COCCOCCOCC(=O)NCNC(=O)COCCOCCOCC(=O)O. The van der Waals surface area contributed by atoms with Crippen molar-refractivity contribution >= 4 is 70.7 Å². The molecule has 0 aromatic rings. The van der Waals surface area contributed by atoms with E-state index in [1.54, 1.807) is 0 Å². The average Bonchev–Trinajstić information content (AvgIpc) is 3.32. The number of nitrogens with one attached hydrogen (secondary N) is 6. The zero-order chi connectivity index (χ0) is 56.7. The number of hydrogen-bond acceptors (Lipinski definition) is 24. The Bertz CT molecular complexity index is 1540. The molecule has 0 aromatic heterocycles. The first kappa shape index (κ1) is 76.3. The summed E-state index contributed by atoms with van der Waals surface area (Å²) in [6.07, 6.45) is 0. The monoisotopic (exact) mass is 1110 g/mol. The Morgan fingerprint density at radius 1 is 0.250 bits per heavy atom. The van der Waals surface area contributed by atoms with Gasteiger partial charge in [0, 0.05) is 0 Å². The lowest BCUT2D eigenvalue weighted by molar-refractivity contribution is -0.144. The number of rotatable bonds is 48. The van der Waals surface area contributed by atoms with Crippen LogP contribution >= 0.6 is 0 Å². The van der Waals surface area contributed by atoms with Gasteiger partial charge in [-0.05, 0) is 20.8 Å². The van der Waals surface area contributed by atoms with Gasteiger partial charge in [-0.2, -0.15) is 0 Å². The number of carboxylic acids is 3. The van der Waals surface area contributed by atoms with E-state index in [2.05, 4.69) is 36.6 Å². The van der Waals surface area contributed by atoms with Gasteiger partial charge >= 0.3 is 17.9 Å². The van der Waals surface area contributed by atoms with Crippen molar-refractivity contribution in [2.45, 2.75) is 28.2 Å². The van der Waals surface area contributed by atoms with E-state index >= 15 is 0 Å². The number of ketones is 3. The highest BCUT2D eigenvalue weighted by Crippen LogP contribution is 1.86. The largest absolute Gasteiger partial charge is 0.480 e. The van der Waals surface area contributed by atoms with Crippen LogP contribution in [0, 0.1) is 0 Å². The van der Waals surface area contributed by atoms with Crippen molar-refractivity contribution in [1.82, 2.24) is 31.9 Å². The zero-order valence-corrected chi connectivity index (χ0v) is 42.2. The number of ether oxygens (including phenoxy) is 12. The molecule has 0 radical (unpaired) electrons. The van der Waals surface area contributed by atoms with Gasteiger partial charge < -0.3 is 104 Å². The summed E-state index contributed by atoms with van der Waals surface area (Å²) in [7, 11) is 0. The van der Waals surface area contributed by atoms with E-state index in [1.165, 1.54) is 20.8 Å². The normalized spacial score (nSPS) is 10.1. The van der Waals surface area contributed by atoms with Gasteiger partial charge in [-0.3, -0.25) is 43.2 Å². The molecule has 9 N–H and O–H groups in total. The van der Waals surface area contributed by atoms with Gasteiger partial charge in [-0.15, -0.1) is 0 Å². The molecule has 0 heterocycles. The molecule has 0 aromatic carbocycles. The molecule has 0 rings (SSSR count). The van der Waals surface area contributed by atoms with Crippen molar-refractivity contribution in [3.05, 3.63) is 0 Å². The molecule has 6 amide bonds. The third-order valence-corrected chi connectivity index (χ3v) is 6.94. The van der Waals surface area contributed by atoms with Crippen LogP contribution < -0.4 is 31.9 Å². The van der Waals surface area contributed by atoms with Gasteiger partial charge in [0.1, 0.15) is 79.3 Å². The van der Waals surface area contributed by atoms with Crippen LogP contribution in [0.2, 0.25) is 0 Å². The fraction of sp³-hybridized carbons (Fsp3) is 0.721. The standard InChI is InChI=1S/C18H32N2O11.C14H24N2O9.C10H16N2O7.CH4/c1-15(21)10-28-6-2-26-3-7-29-11-16(22)19-14-20-17(23)12-30-8-4-27-5-9-31-13-18(24)25;1-11(17)6-22-2-3-23-7-12(18)15-10-16-13(19)8-24-4-5-25-9-14(20)21;1-7(13)2-18-3-8(14)11-6-12-9(15)4-19-5-10(16)17;/h2-14H2,1H3,(H,19,22)(H,20,23)(H,24,25);2-10H2,1H3,(H,15,18)(H,16,19)(H,20,21);2-6H2,1H3,(H,11,14)(H,12,15)(H,16,17);1H4. The number of aliphatic carboxylic acids is 3. The van der Waals surface area contributed by atoms with Crippen LogP contribution in [0.4, 0.5) is 0 Å². The molecule has 0 unspecified atom stereocenters. The van der Waals surface area contributed by atoms with Crippen LogP contribution in [0.15, 0.2) is 0 Å². The maximum absolute atomic E-state index is 11.5. The quantitative estimate of drug-likeness (QED) is 0.0203. The predicted octanol–water partition coefficient (Wildman–Crippen LogP) is -5.62. The van der Waals surface area contributed by atoms with E-state index in [0.717, 1.165) is 0 Å². The third kappa shape index (κ3) is 69.8. The molecule has 0 bridgehead atoms. The van der Waals surface area contributed by atoms with Gasteiger partial charge in [-0.1, -0.05) is 7.43 Å². The molecular formula is C43H76N6O27. The predicted molar refractivity (Wildman–Crippen MR) is 255 cm³/mol. The Kier molecular flexibility index (Phi) is 56.7. The van der Waals surface area contributed by atoms with Crippen molar-refractivity contribution in [2.24, 2.45) is 0 Å². The minimum atomic E-state index is -1.18. The minimum Gasteiger partial charge on any atom is -0.480 e. The van der Waals surface area contributed by atoms with E-state index in [9.17, 15) is 57.5 Å². The Balaban J connectivity index is -0.000000523. The summed E-state index contributed by atoms with van der Waals surface area (Å²) in [5.41, 5.74) is 0. The van der Waals surface area contributed by atoms with E-state index in [1.807, 2.05) is 0 Å². The number of carboxylic acid groups (broad SMARTS) is 3. The number of hydrogen-bond donors (Lipinski definition) is 9. The number of carbonyl (C=O) groups excluding carboxylic acids is 9. The van der Waals surface area contributed by atoms with Crippen LogP contribution in [-0.4, -0.2) is 265 Å². The molecule has 0 aliphatic carbocycles. The van der Waals surface area contributed by atoms with Crippen LogP contribution in [-0.2, 0) is 114 Å². The van der Waals surface area contributed by atoms with Crippen molar-refractivity contribution in [2.75, 3.05) is 179 Å². The van der Waals surface area contributed by atoms with Crippen molar-refractivity contribution in [3.8, 4) is 0 Å². The van der Waals surface area contributed by atoms with Crippen molar-refractivity contribution in [3.63, 3.8) is 0 Å². The maximum Gasteiger partial charge on any atom is 0.329 e. The first-order chi connectivity index (χ1) is 35.7. The van der Waals surface area contributed by atoms with Gasteiger partial charge in [0.15, 0.2) is 17.3 Å². The highest BCUT2D eigenvalue weighted by Gasteiger charge is 2.08. The van der Waals surface area contributed by atoms with Crippen LogP contribution in [0.5, 0.6) is 0 Å². The lowest BCUT2D eigenvalue weighted by Crippen LogP contribution is -2.40. The molecule has 0 fully saturated rings. The second kappa shape index (κ2) is 56.5. The topological polar surface area (TPSA) is 448 Å². The molecule has 0 spiro atoms. The molecule has 440 valence electrons. The van der Waals surface area contributed by atoms with E-state index in [4.69, 9.17) is 67.4 Å². The molecule has 0 atom stereocenters. The smallest absolute Gasteiger partial charge is 0.329 e. The average molecular weight is 1110 g/mol. The second-order valence-electron chi connectivity index (χ2n) is 14.0. The van der Waals surface area contributed by atoms with Crippen LogP contribution in [0.25, 0.3) is 0 Å². The molecule has 0 aliphatic rings. The number of carbonyl (C=O) groups is 12. The molecule has 0 saturated carbocycles. The summed E-state index contributed by atoms with van der Waals surface area (Å²) in [5.74, 6) is -6.39. The van der Waals surface area contributed by atoms with Gasteiger partial charge in [0.2, 0.25) is 35.4 Å². The highest BCUT2D eigenvalue weighted by molar-refractivity contribution is 5.82. The fourth-order valence-electron chi connectivity index (χ4n) is 3.87. The summed E-state index contributed by atoms with van der Waals surface area (Å²) in [6.45, 7) is 3.34. The molecular weight excluding hydrogens is 1030 g/mol. The summed E-state index contributed by atoms with van der Waals surface area (Å²) >= 11 is 0. The summed E-state index contributed by atoms with van der Waals surface area (Å²) in [5, 5.41) is 39.2. The van der Waals surface area contributed by atoms with Gasteiger partial charge in [0.25, 0.3) is 0 Å². The highest BCUT2D eigenvalue weighted by atomic mass is 16.6. The molecule has 0 saturated heterocycles. The summed E-state index contributed by atoms with van der Waals surface area (Å²) in [6, 6.07) is 0. The van der Waals surface area contributed by atoms with Crippen LogP contribution in [0.1, 0.15) is 28.2 Å². The Morgan fingerprint density at radius 3 is 0.632 bits per heavy atom. The Labute approximate surface area is 438 Å². The zero-order valence-electron chi connectivity index (χ0n) is 42.2. The summed E-state index contributed by atoms with van der Waals surface area (Å²) in [4.78, 5) is 130. The number of Topliss-reactive ketones (excluding diaryl/α,β-unsaturated/α-hetero) is 3. The molecule has 33 nitrogen and oxygen atoms in total. The first-order valence-electron chi connectivity index (χ1n) is 22.4. The van der Waals surface area contributed by atoms with E-state index in [0.29, 0.717) is 13.2 Å². The van der Waals surface area contributed by atoms with Crippen LogP contribution in [0.3, 0.4) is 0 Å². The maximum atomic E-state index is 11.5. The van der Waals surface area contributed by atoms with Gasteiger partial charge in [-0.25, -0.2) is 14.4 Å². The Hall–Kier alpha value is -6.24. The van der Waals surface area contributed by atoms with Gasteiger partial charge in [0.05, 0.1) is 99.3 Å². The van der Waals surface area contributed by atoms with E-state index < -0.39 is 73.2 Å². The third-order valence-electron chi connectivity index (χ3n) is 6.94. The fourth-order valence-corrected chi connectivity index (χ4v) is 3.87. The second-order valence-corrected chi connectivity index (χ2v) is 14.0. The molecule has 33 heteroatoms. The summed E-state index contributed by atoms with van der Waals surface area (Å²) < 4.78 is 59.2. The van der Waals surface area contributed by atoms with E-state index in [-0.39, 0.29) is 170 Å². The lowest BCUT2D eigenvalue weighted by Gasteiger charge is -2.09. The molecule has 0 aliphatic heterocycles. The van der Waals surface area contributed by atoms with Crippen molar-refractivity contribution < 1.29 is 130 Å². The number of amides is 6. The minimum absolute atomic E-state index is 0. The first-order valence-corrected chi connectivity index (χ1v) is 22.4.